The van der Waals surface area contributed by atoms with Gasteiger partial charge in [0.15, 0.2) is 0 Å². The number of halogens is 2. The lowest BCUT2D eigenvalue weighted by Crippen LogP contribution is -2.33. The molecule has 7 heteroatoms. The van der Waals surface area contributed by atoms with Crippen molar-refractivity contribution in [2.24, 2.45) is 5.92 Å². The summed E-state index contributed by atoms with van der Waals surface area (Å²) in [5.41, 5.74) is 0. The van der Waals surface area contributed by atoms with Gasteiger partial charge < -0.3 is 5.11 Å². The van der Waals surface area contributed by atoms with Gasteiger partial charge in [-0.3, -0.25) is 0 Å². The van der Waals surface area contributed by atoms with Gasteiger partial charge in [-0.25, -0.2) is 13.1 Å². The van der Waals surface area contributed by atoms with Crippen molar-refractivity contribution < 1.29 is 13.5 Å². The van der Waals surface area contributed by atoms with E-state index in [0.29, 0.717) is 0 Å². The number of benzene rings is 1. The molecule has 0 amide bonds. The predicted molar refractivity (Wildman–Crippen MR) is 70.4 cm³/mol. The summed E-state index contributed by atoms with van der Waals surface area (Å²) in [5, 5.41) is 9.78. The fourth-order valence-electron chi connectivity index (χ4n) is 1.65. The molecule has 4 nitrogen and oxygen atoms in total. The Hall–Kier alpha value is -0.330. The normalized spacial score (nSPS) is 17.7. The van der Waals surface area contributed by atoms with Crippen molar-refractivity contribution in [1.82, 2.24) is 4.72 Å². The maximum atomic E-state index is 12.0. The fourth-order valence-corrected chi connectivity index (χ4v) is 3.85. The minimum atomic E-state index is -3.80. The minimum absolute atomic E-state index is 0.0193. The lowest BCUT2D eigenvalue weighted by Gasteiger charge is -2.13. The quantitative estimate of drug-likeness (QED) is 0.874. The Bertz CT molecular complexity index is 523. The SMILES string of the molecule is O=S(=O)(NCC(O)C1CC1)c1c(Cl)cccc1Cl. The van der Waals surface area contributed by atoms with E-state index < -0.39 is 16.1 Å². The zero-order valence-corrected chi connectivity index (χ0v) is 11.8. The summed E-state index contributed by atoms with van der Waals surface area (Å²) in [5.74, 6) is 0.203. The summed E-state index contributed by atoms with van der Waals surface area (Å²) < 4.78 is 26.4. The van der Waals surface area contributed by atoms with E-state index >= 15 is 0 Å². The van der Waals surface area contributed by atoms with E-state index in [9.17, 15) is 13.5 Å². The molecule has 0 heterocycles. The number of nitrogens with one attached hydrogen (secondary N) is 1. The maximum absolute atomic E-state index is 12.0. The van der Waals surface area contributed by atoms with Gasteiger partial charge >= 0.3 is 0 Å². The molecule has 2 N–H and O–H groups in total. The molecule has 1 saturated carbocycles. The molecule has 1 aliphatic carbocycles. The summed E-state index contributed by atoms with van der Waals surface area (Å²) in [6.07, 6.45) is 1.23. The van der Waals surface area contributed by atoms with Crippen LogP contribution in [-0.2, 0) is 10.0 Å². The van der Waals surface area contributed by atoms with E-state index in [1.54, 1.807) is 6.07 Å². The van der Waals surface area contributed by atoms with Gasteiger partial charge in [-0.15, -0.1) is 0 Å². The highest BCUT2D eigenvalue weighted by molar-refractivity contribution is 7.89. The van der Waals surface area contributed by atoms with Gasteiger partial charge in [-0.2, -0.15) is 0 Å². The largest absolute Gasteiger partial charge is 0.391 e. The molecule has 1 atom stereocenters. The molecule has 1 fully saturated rings. The van der Waals surface area contributed by atoms with Crippen molar-refractivity contribution in [3.63, 3.8) is 0 Å². The first-order valence-electron chi connectivity index (χ1n) is 5.53. The van der Waals surface area contributed by atoms with E-state index in [4.69, 9.17) is 23.2 Å². The van der Waals surface area contributed by atoms with E-state index in [-0.39, 0.29) is 27.4 Å². The molecule has 100 valence electrons. The number of rotatable bonds is 5. The lowest BCUT2D eigenvalue weighted by atomic mass is 10.2. The molecule has 1 unspecified atom stereocenters. The molecule has 0 spiro atoms. The minimum Gasteiger partial charge on any atom is -0.391 e. The number of aliphatic hydroxyl groups excluding tert-OH is 1. The van der Waals surface area contributed by atoms with Gasteiger partial charge in [0, 0.05) is 6.54 Å². The summed E-state index contributed by atoms with van der Waals surface area (Å²) in [4.78, 5) is -0.142. The van der Waals surface area contributed by atoms with Crippen LogP contribution in [0, 0.1) is 5.92 Å². The number of hydrogen-bond acceptors (Lipinski definition) is 3. The lowest BCUT2D eigenvalue weighted by molar-refractivity contribution is 0.155. The second kappa shape index (κ2) is 5.35. The molecule has 0 aliphatic heterocycles. The van der Waals surface area contributed by atoms with Crippen LogP contribution in [0.4, 0.5) is 0 Å². The van der Waals surface area contributed by atoms with Crippen LogP contribution >= 0.6 is 23.2 Å². The molecule has 0 bridgehead atoms. The first-order valence-corrected chi connectivity index (χ1v) is 7.77. The zero-order valence-electron chi connectivity index (χ0n) is 9.44. The predicted octanol–water partition coefficient (Wildman–Crippen LogP) is 2.04. The van der Waals surface area contributed by atoms with Gasteiger partial charge in [0.2, 0.25) is 10.0 Å². The highest BCUT2D eigenvalue weighted by atomic mass is 35.5. The van der Waals surface area contributed by atoms with E-state index in [0.717, 1.165) is 12.8 Å². The molecular weight excluding hydrogens is 297 g/mol. The second-order valence-electron chi connectivity index (χ2n) is 4.31. The average Bonchev–Trinajstić information content (AvgIpc) is 3.09. The Labute approximate surface area is 116 Å². The van der Waals surface area contributed by atoms with E-state index in [1.165, 1.54) is 12.1 Å². The van der Waals surface area contributed by atoms with Gasteiger partial charge in [-0.1, -0.05) is 29.3 Å². The molecule has 1 aliphatic rings. The molecule has 2 rings (SSSR count). The average molecular weight is 310 g/mol. The molecule has 0 radical (unpaired) electrons. The monoisotopic (exact) mass is 309 g/mol. The third-order valence-electron chi connectivity index (χ3n) is 2.84. The summed E-state index contributed by atoms with van der Waals surface area (Å²) in [7, 11) is -3.80. The zero-order chi connectivity index (χ0) is 13.3. The van der Waals surface area contributed by atoms with Crippen LogP contribution in [0.25, 0.3) is 0 Å². The highest BCUT2D eigenvalue weighted by Gasteiger charge is 2.31. The van der Waals surface area contributed by atoms with Gasteiger partial charge in [-0.05, 0) is 30.9 Å². The van der Waals surface area contributed by atoms with Crippen LogP contribution in [0.15, 0.2) is 23.1 Å². The van der Waals surface area contributed by atoms with Crippen LogP contribution in [0.3, 0.4) is 0 Å². The Morgan fingerprint density at radius 1 is 1.33 bits per heavy atom. The number of hydrogen-bond donors (Lipinski definition) is 2. The third kappa shape index (κ3) is 3.16. The molecular formula is C11H13Cl2NO3S. The van der Waals surface area contributed by atoms with Crippen molar-refractivity contribution in [2.45, 2.75) is 23.8 Å². The standard InChI is InChI=1S/C11H13Cl2NO3S/c12-8-2-1-3-9(13)11(8)18(16,17)14-6-10(15)7-4-5-7/h1-3,7,10,14-15H,4-6H2. The van der Waals surface area contributed by atoms with Crippen LogP contribution in [0.5, 0.6) is 0 Å². The van der Waals surface area contributed by atoms with Crippen LogP contribution < -0.4 is 4.72 Å². The van der Waals surface area contributed by atoms with Crippen molar-refractivity contribution in [2.75, 3.05) is 6.54 Å². The summed E-state index contributed by atoms with van der Waals surface area (Å²) in [6.45, 7) is -0.0193. The van der Waals surface area contributed by atoms with Gasteiger partial charge in [0.05, 0.1) is 16.1 Å². The van der Waals surface area contributed by atoms with E-state index in [1.807, 2.05) is 0 Å². The van der Waals surface area contributed by atoms with Gasteiger partial charge in [0.25, 0.3) is 0 Å². The number of aliphatic hydroxyl groups is 1. The smallest absolute Gasteiger partial charge is 0.243 e. The topological polar surface area (TPSA) is 66.4 Å². The Morgan fingerprint density at radius 3 is 2.39 bits per heavy atom. The van der Waals surface area contributed by atoms with Crippen LogP contribution in [0.2, 0.25) is 10.0 Å². The summed E-state index contributed by atoms with van der Waals surface area (Å²) >= 11 is 11.7. The molecule has 0 saturated heterocycles. The second-order valence-corrected chi connectivity index (χ2v) is 6.83. The highest BCUT2D eigenvalue weighted by Crippen LogP contribution is 2.33. The van der Waals surface area contributed by atoms with Crippen LogP contribution in [-0.4, -0.2) is 26.2 Å². The Morgan fingerprint density at radius 2 is 1.89 bits per heavy atom. The third-order valence-corrected chi connectivity index (χ3v) is 5.21. The first-order chi connectivity index (χ1) is 8.42. The molecule has 18 heavy (non-hydrogen) atoms. The van der Waals surface area contributed by atoms with Crippen molar-refractivity contribution in [3.05, 3.63) is 28.2 Å². The maximum Gasteiger partial charge on any atom is 0.243 e. The molecule has 1 aromatic rings. The van der Waals surface area contributed by atoms with Crippen molar-refractivity contribution >= 4 is 33.2 Å². The van der Waals surface area contributed by atoms with E-state index in [2.05, 4.69) is 4.72 Å². The van der Waals surface area contributed by atoms with Crippen molar-refractivity contribution in [1.29, 1.82) is 0 Å². The molecule has 1 aromatic carbocycles. The van der Waals surface area contributed by atoms with Gasteiger partial charge in [0.1, 0.15) is 4.90 Å². The molecule has 0 aromatic heterocycles. The van der Waals surface area contributed by atoms with Crippen molar-refractivity contribution in [3.8, 4) is 0 Å². The first kappa shape index (κ1) is 14.1. The van der Waals surface area contributed by atoms with Crippen LogP contribution in [0.1, 0.15) is 12.8 Å². The Kier molecular flexibility index (Phi) is 4.18. The Balaban J connectivity index is 2.14. The number of sulfonamides is 1. The summed E-state index contributed by atoms with van der Waals surface area (Å²) in [6, 6.07) is 4.49. The fraction of sp³-hybridized carbons (Fsp3) is 0.455.